The quantitative estimate of drug-likeness (QED) is 0.181. The summed E-state index contributed by atoms with van der Waals surface area (Å²) in [4.78, 5) is 32.4. The molecular formula is C40H43ClN2O5. The summed E-state index contributed by atoms with van der Waals surface area (Å²) in [5.41, 5.74) is 5.53. The predicted molar refractivity (Wildman–Crippen MR) is 186 cm³/mol. The Hall–Kier alpha value is -3.91. The van der Waals surface area contributed by atoms with Gasteiger partial charge in [0.05, 0.1) is 29.6 Å². The lowest BCUT2D eigenvalue weighted by Crippen LogP contribution is -2.47. The standard InChI is InChI=1S/C40H43ClN2O5/c1-26(20-28-13-14-31(44)22-35(28)41)12-15-36-37-29(24-47-32-10-6-3-7-11-32)21-33-38(34(37)25-48-36)40(46)43(39(33)45)30-16-18-42(19-17-30)23-27-8-4-2-5-9-27/h2-11,13-14,20,22,30,33-34,36,38,44H,12,15-19,21,23-25H2,1H3/b26-20+/t33-,34+,36-,38-/m1/s1. The average Bonchev–Trinajstić information content (AvgIpc) is 3.63. The Morgan fingerprint density at radius 3 is 2.44 bits per heavy atom. The number of fused-ring (bicyclic) bond motifs is 3. The van der Waals surface area contributed by atoms with Crippen LogP contribution in [0.3, 0.4) is 0 Å². The number of halogens is 1. The second-order valence-corrected chi connectivity index (χ2v) is 14.1. The second kappa shape index (κ2) is 14.3. The summed E-state index contributed by atoms with van der Waals surface area (Å²) in [6.45, 7) is 5.49. The number of piperidine rings is 1. The maximum atomic E-state index is 14.2. The van der Waals surface area contributed by atoms with E-state index in [4.69, 9.17) is 21.1 Å². The van der Waals surface area contributed by atoms with Crippen LogP contribution in [0.4, 0.5) is 0 Å². The molecule has 4 atom stereocenters. The molecule has 0 aromatic heterocycles. The maximum Gasteiger partial charge on any atom is 0.234 e. The van der Waals surface area contributed by atoms with E-state index in [-0.39, 0.29) is 47.5 Å². The first-order valence-corrected chi connectivity index (χ1v) is 17.5. The Labute approximate surface area is 287 Å². The number of aromatic hydroxyl groups is 1. The minimum atomic E-state index is -0.382. The molecule has 250 valence electrons. The van der Waals surface area contributed by atoms with Crippen LogP contribution in [0.25, 0.3) is 6.08 Å². The van der Waals surface area contributed by atoms with Crippen LogP contribution in [-0.4, -0.2) is 65.2 Å². The first-order chi connectivity index (χ1) is 23.4. The van der Waals surface area contributed by atoms with E-state index in [1.807, 2.05) is 48.5 Å². The monoisotopic (exact) mass is 666 g/mol. The Morgan fingerprint density at radius 2 is 1.71 bits per heavy atom. The van der Waals surface area contributed by atoms with E-state index < -0.39 is 0 Å². The van der Waals surface area contributed by atoms with Gasteiger partial charge in [-0.15, -0.1) is 0 Å². The number of para-hydroxylation sites is 1. The van der Waals surface area contributed by atoms with Crippen molar-refractivity contribution in [1.82, 2.24) is 9.80 Å². The summed E-state index contributed by atoms with van der Waals surface area (Å²) < 4.78 is 12.7. The number of amides is 2. The number of benzene rings is 3. The number of carbonyl (C=O) groups excluding carboxylic acids is 2. The number of hydrogen-bond donors (Lipinski definition) is 1. The SMILES string of the molecule is C/C(=C\c1ccc(O)cc1Cl)CC[C@H]1OC[C@H]2C1=C(COc1ccccc1)C[C@H]1C(=O)N(C3CCN(Cc4ccccc4)CC3)C(=O)[C@H]12. The van der Waals surface area contributed by atoms with Gasteiger partial charge in [-0.2, -0.15) is 0 Å². The number of imide groups is 1. The lowest BCUT2D eigenvalue weighted by atomic mass is 9.69. The number of rotatable bonds is 10. The van der Waals surface area contributed by atoms with Crippen LogP contribution in [0, 0.1) is 17.8 Å². The molecule has 1 N–H and O–H groups in total. The van der Waals surface area contributed by atoms with Gasteiger partial charge >= 0.3 is 0 Å². The molecule has 3 saturated heterocycles. The van der Waals surface area contributed by atoms with Gasteiger partial charge in [0.25, 0.3) is 0 Å². The molecule has 0 spiro atoms. The Balaban J connectivity index is 1.08. The normalized spacial score (nSPS) is 25.0. The molecule has 1 aliphatic carbocycles. The number of hydrogen-bond acceptors (Lipinski definition) is 6. The fourth-order valence-corrected chi connectivity index (χ4v) is 8.41. The lowest BCUT2D eigenvalue weighted by molar-refractivity contribution is -0.144. The molecule has 7 nitrogen and oxygen atoms in total. The number of allylic oxidation sites excluding steroid dienone is 1. The van der Waals surface area contributed by atoms with Gasteiger partial charge in [-0.3, -0.25) is 19.4 Å². The molecule has 3 aliphatic heterocycles. The molecule has 3 heterocycles. The molecule has 7 rings (SSSR count). The van der Waals surface area contributed by atoms with Crippen LogP contribution in [0.2, 0.25) is 5.02 Å². The summed E-state index contributed by atoms with van der Waals surface area (Å²) >= 11 is 6.36. The van der Waals surface area contributed by atoms with Crippen molar-refractivity contribution in [1.29, 1.82) is 0 Å². The van der Waals surface area contributed by atoms with Crippen LogP contribution in [0.15, 0.2) is 95.6 Å². The minimum Gasteiger partial charge on any atom is -0.508 e. The number of nitrogens with zero attached hydrogens (tertiary/aromatic N) is 2. The molecule has 8 heteroatoms. The molecular weight excluding hydrogens is 624 g/mol. The summed E-state index contributed by atoms with van der Waals surface area (Å²) in [6.07, 6.45) is 5.54. The Morgan fingerprint density at radius 1 is 0.979 bits per heavy atom. The highest BCUT2D eigenvalue weighted by Crippen LogP contribution is 2.50. The number of likely N-dealkylation sites (tertiary alicyclic amines) is 2. The molecule has 0 bridgehead atoms. The van der Waals surface area contributed by atoms with Gasteiger partial charge in [0.15, 0.2) is 0 Å². The van der Waals surface area contributed by atoms with Crippen LogP contribution < -0.4 is 4.74 Å². The van der Waals surface area contributed by atoms with Crippen molar-refractivity contribution in [2.45, 2.75) is 57.7 Å². The van der Waals surface area contributed by atoms with E-state index in [1.165, 1.54) is 5.56 Å². The first kappa shape index (κ1) is 32.6. The molecule has 3 aromatic carbocycles. The lowest BCUT2D eigenvalue weighted by Gasteiger charge is -2.36. The van der Waals surface area contributed by atoms with E-state index in [2.05, 4.69) is 36.1 Å². The van der Waals surface area contributed by atoms with E-state index in [0.717, 1.165) is 73.3 Å². The average molecular weight is 667 g/mol. The van der Waals surface area contributed by atoms with Crippen LogP contribution in [-0.2, 0) is 20.9 Å². The van der Waals surface area contributed by atoms with Gasteiger partial charge < -0.3 is 14.6 Å². The van der Waals surface area contributed by atoms with E-state index in [1.54, 1.807) is 17.0 Å². The van der Waals surface area contributed by atoms with Gasteiger partial charge in [-0.25, -0.2) is 0 Å². The van der Waals surface area contributed by atoms with E-state index in [9.17, 15) is 14.7 Å². The zero-order valence-electron chi connectivity index (χ0n) is 27.4. The maximum absolute atomic E-state index is 14.2. The second-order valence-electron chi connectivity index (χ2n) is 13.7. The number of carbonyl (C=O) groups is 2. The molecule has 0 radical (unpaired) electrons. The summed E-state index contributed by atoms with van der Waals surface area (Å²) in [7, 11) is 0. The predicted octanol–water partition coefficient (Wildman–Crippen LogP) is 7.29. The smallest absolute Gasteiger partial charge is 0.234 e. The van der Waals surface area contributed by atoms with Crippen LogP contribution in [0.1, 0.15) is 50.2 Å². The number of ether oxygens (including phenoxy) is 2. The summed E-state index contributed by atoms with van der Waals surface area (Å²) in [5.74, 6) is 0.00654. The molecule has 3 aromatic rings. The van der Waals surface area contributed by atoms with Crippen molar-refractivity contribution in [2.24, 2.45) is 17.8 Å². The van der Waals surface area contributed by atoms with Crippen molar-refractivity contribution in [3.8, 4) is 11.5 Å². The van der Waals surface area contributed by atoms with Gasteiger partial charge in [0.2, 0.25) is 11.8 Å². The highest BCUT2D eigenvalue weighted by atomic mass is 35.5. The van der Waals surface area contributed by atoms with Gasteiger partial charge in [-0.05, 0) is 91.6 Å². The highest BCUT2D eigenvalue weighted by molar-refractivity contribution is 6.32. The molecule has 0 unspecified atom stereocenters. The van der Waals surface area contributed by atoms with Crippen molar-refractivity contribution in [2.75, 3.05) is 26.3 Å². The number of phenols is 1. The first-order valence-electron chi connectivity index (χ1n) is 17.2. The van der Waals surface area contributed by atoms with E-state index in [0.29, 0.717) is 24.7 Å². The van der Waals surface area contributed by atoms with Crippen molar-refractivity contribution in [3.63, 3.8) is 0 Å². The third-order valence-electron chi connectivity index (χ3n) is 10.6. The third kappa shape index (κ3) is 6.82. The Kier molecular flexibility index (Phi) is 9.71. The zero-order valence-corrected chi connectivity index (χ0v) is 28.1. The van der Waals surface area contributed by atoms with Gasteiger partial charge in [0.1, 0.15) is 18.1 Å². The fraction of sp³-hybridized carbons (Fsp3) is 0.400. The van der Waals surface area contributed by atoms with Gasteiger partial charge in [0, 0.05) is 31.6 Å². The molecule has 2 amide bonds. The third-order valence-corrected chi connectivity index (χ3v) is 10.9. The summed E-state index contributed by atoms with van der Waals surface area (Å²) in [6, 6.07) is 25.1. The van der Waals surface area contributed by atoms with Crippen LogP contribution in [0.5, 0.6) is 11.5 Å². The largest absolute Gasteiger partial charge is 0.508 e. The van der Waals surface area contributed by atoms with Crippen LogP contribution >= 0.6 is 11.6 Å². The fourth-order valence-electron chi connectivity index (χ4n) is 8.18. The molecule has 4 aliphatic rings. The highest BCUT2D eigenvalue weighted by Gasteiger charge is 2.58. The van der Waals surface area contributed by atoms with Gasteiger partial charge in [-0.1, -0.05) is 71.8 Å². The molecule has 0 saturated carbocycles. The zero-order chi connectivity index (χ0) is 33.2. The van der Waals surface area contributed by atoms with Crippen molar-refractivity contribution >= 4 is 29.5 Å². The summed E-state index contributed by atoms with van der Waals surface area (Å²) in [5, 5.41) is 10.2. The topological polar surface area (TPSA) is 79.3 Å². The minimum absolute atomic E-state index is 0.0145. The van der Waals surface area contributed by atoms with E-state index >= 15 is 0 Å². The Bertz CT molecular complexity index is 1700. The molecule has 3 fully saturated rings. The number of phenolic OH excluding ortho intramolecular Hbond substituents is 1. The van der Waals surface area contributed by atoms with Crippen molar-refractivity contribution < 1.29 is 24.2 Å². The molecule has 48 heavy (non-hydrogen) atoms. The van der Waals surface area contributed by atoms with Crippen molar-refractivity contribution in [3.05, 3.63) is 112 Å².